The molecule has 3 aromatic heterocycles. The molecule has 160 valence electrons. The van der Waals surface area contributed by atoms with Crippen LogP contribution in [0.1, 0.15) is 27.9 Å². The molecule has 0 saturated heterocycles. The lowest BCUT2D eigenvalue weighted by Crippen LogP contribution is -2.13. The van der Waals surface area contributed by atoms with Crippen molar-refractivity contribution in [1.82, 2.24) is 19.9 Å². The van der Waals surface area contributed by atoms with Crippen LogP contribution in [-0.4, -0.2) is 25.0 Å². The molecule has 4 aromatic rings. The van der Waals surface area contributed by atoms with Crippen molar-refractivity contribution in [1.29, 1.82) is 0 Å². The molecule has 4 heterocycles. The largest absolute Gasteiger partial charge is 0.436 e. The van der Waals surface area contributed by atoms with Crippen molar-refractivity contribution in [2.75, 3.05) is 0 Å². The quantitative estimate of drug-likeness (QED) is 0.305. The summed E-state index contributed by atoms with van der Waals surface area (Å²) in [6.07, 6.45) is 5.71. The fourth-order valence-electron chi connectivity index (χ4n) is 3.60. The molecular weight excluding hydrogens is 427 g/mol. The Hall–Kier alpha value is -3.36. The van der Waals surface area contributed by atoms with E-state index in [9.17, 15) is 9.50 Å². The van der Waals surface area contributed by atoms with Crippen LogP contribution in [0.25, 0.3) is 11.4 Å². The summed E-state index contributed by atoms with van der Waals surface area (Å²) in [5.41, 5.74) is 4.86. The van der Waals surface area contributed by atoms with Crippen LogP contribution in [0.3, 0.4) is 0 Å². The molecule has 1 aliphatic rings. The highest BCUT2D eigenvalue weighted by Crippen LogP contribution is 2.43. The zero-order valence-corrected chi connectivity index (χ0v) is 18.1. The van der Waals surface area contributed by atoms with Gasteiger partial charge in [0.1, 0.15) is 10.8 Å². The number of benzene rings is 1. The second kappa shape index (κ2) is 8.64. The molecule has 5 rings (SSSR count). The first-order chi connectivity index (χ1) is 15.6. The maximum absolute atomic E-state index is 13.9. The second-order valence-electron chi connectivity index (χ2n) is 7.40. The number of aromatic nitrogens is 4. The minimum atomic E-state index is -0.353. The van der Waals surface area contributed by atoms with E-state index in [0.717, 1.165) is 33.0 Å². The summed E-state index contributed by atoms with van der Waals surface area (Å²) in [5.74, 6) is 1.77. The van der Waals surface area contributed by atoms with Gasteiger partial charge in [0.25, 0.3) is 0 Å². The molecule has 0 atom stereocenters. The monoisotopic (exact) mass is 446 g/mol. The molecule has 32 heavy (non-hydrogen) atoms. The summed E-state index contributed by atoms with van der Waals surface area (Å²) in [7, 11) is 0. The van der Waals surface area contributed by atoms with Gasteiger partial charge >= 0.3 is 0 Å². The summed E-state index contributed by atoms with van der Waals surface area (Å²) in [6.45, 7) is 1.73. The maximum Gasteiger partial charge on any atom is 0.227 e. The van der Waals surface area contributed by atoms with Crippen LogP contribution < -0.4 is 4.74 Å². The van der Waals surface area contributed by atoms with Crippen LogP contribution >= 0.6 is 11.8 Å². The lowest BCUT2D eigenvalue weighted by Gasteiger charge is -2.24. The van der Waals surface area contributed by atoms with Gasteiger partial charge in [-0.25, -0.2) is 9.37 Å². The molecule has 0 radical (unpaired) electrons. The lowest BCUT2D eigenvalue weighted by molar-refractivity contribution is 0.278. The third-order valence-corrected chi connectivity index (χ3v) is 6.35. The highest BCUT2D eigenvalue weighted by molar-refractivity contribution is 7.98. The summed E-state index contributed by atoms with van der Waals surface area (Å²) < 4.78 is 20.1. The van der Waals surface area contributed by atoms with Crippen molar-refractivity contribution in [3.8, 4) is 23.0 Å². The Morgan fingerprint density at radius 3 is 2.75 bits per heavy atom. The molecule has 0 fully saturated rings. The number of ether oxygens (including phenoxy) is 1. The van der Waals surface area contributed by atoms with Crippen molar-refractivity contribution >= 4 is 11.8 Å². The fraction of sp³-hybridized carbons (Fsp3) is 0.167. The molecule has 1 aromatic carbocycles. The SMILES string of the molecule is Cc1ncc(CO)c2c1Oc1nc(-c3cccc(F)c3)nc(SCc3ccncc3)c1C2. The van der Waals surface area contributed by atoms with Crippen LogP contribution in [0.2, 0.25) is 0 Å². The van der Waals surface area contributed by atoms with Crippen LogP contribution in [-0.2, 0) is 18.8 Å². The van der Waals surface area contributed by atoms with Gasteiger partial charge in [0.2, 0.25) is 5.88 Å². The first-order valence-electron chi connectivity index (χ1n) is 10.1. The first-order valence-corrected chi connectivity index (χ1v) is 11.1. The standard InChI is InChI=1S/C24H19FN4O2S/c1-14-21-19(17(12-30)11-27-14)10-20-23(31-21)28-22(16-3-2-4-18(25)9-16)29-24(20)32-13-15-5-7-26-8-6-15/h2-9,11,30H,10,12-13H2,1H3. The molecule has 0 aliphatic carbocycles. The van der Waals surface area contributed by atoms with Crippen molar-refractivity contribution in [3.63, 3.8) is 0 Å². The van der Waals surface area contributed by atoms with E-state index in [1.165, 1.54) is 12.1 Å². The fourth-order valence-corrected chi connectivity index (χ4v) is 4.58. The predicted molar refractivity (Wildman–Crippen MR) is 119 cm³/mol. The zero-order valence-electron chi connectivity index (χ0n) is 17.2. The Kier molecular flexibility index (Phi) is 5.55. The number of fused-ring (bicyclic) bond motifs is 2. The molecule has 0 spiro atoms. The smallest absolute Gasteiger partial charge is 0.227 e. The summed E-state index contributed by atoms with van der Waals surface area (Å²) >= 11 is 1.56. The molecule has 6 nitrogen and oxygen atoms in total. The van der Waals surface area contributed by atoms with Crippen LogP contribution in [0, 0.1) is 12.7 Å². The van der Waals surface area contributed by atoms with E-state index in [2.05, 4.69) is 15.0 Å². The van der Waals surface area contributed by atoms with Gasteiger partial charge in [0.05, 0.1) is 17.9 Å². The van der Waals surface area contributed by atoms with Crippen molar-refractivity contribution < 1.29 is 14.2 Å². The molecule has 0 unspecified atom stereocenters. The number of hydrogen-bond acceptors (Lipinski definition) is 7. The van der Waals surface area contributed by atoms with E-state index in [-0.39, 0.29) is 12.4 Å². The highest BCUT2D eigenvalue weighted by atomic mass is 32.2. The Labute approximate surface area is 188 Å². The normalized spacial score (nSPS) is 12.1. The van der Waals surface area contributed by atoms with Gasteiger partial charge in [-0.1, -0.05) is 12.1 Å². The third kappa shape index (κ3) is 3.94. The minimum absolute atomic E-state index is 0.129. The number of nitrogens with zero attached hydrogens (tertiary/aromatic N) is 4. The lowest BCUT2D eigenvalue weighted by atomic mass is 9.99. The average Bonchev–Trinajstić information content (AvgIpc) is 2.82. The van der Waals surface area contributed by atoms with Crippen molar-refractivity contribution in [2.24, 2.45) is 0 Å². The Morgan fingerprint density at radius 1 is 1.12 bits per heavy atom. The van der Waals surface area contributed by atoms with E-state index < -0.39 is 0 Å². The van der Waals surface area contributed by atoms with E-state index in [1.54, 1.807) is 42.5 Å². The van der Waals surface area contributed by atoms with Crippen molar-refractivity contribution in [2.45, 2.75) is 30.7 Å². The van der Waals surface area contributed by atoms with Gasteiger partial charge in [-0.3, -0.25) is 9.97 Å². The van der Waals surface area contributed by atoms with Gasteiger partial charge < -0.3 is 9.84 Å². The molecule has 0 saturated carbocycles. The number of aryl methyl sites for hydroxylation is 1. The number of pyridine rings is 2. The number of thioether (sulfide) groups is 1. The van der Waals surface area contributed by atoms with Gasteiger partial charge in [0, 0.05) is 47.5 Å². The first kappa shape index (κ1) is 20.5. The van der Waals surface area contributed by atoms with E-state index in [1.807, 2.05) is 19.1 Å². The summed E-state index contributed by atoms with van der Waals surface area (Å²) in [5, 5.41) is 10.6. The molecule has 1 N–H and O–H groups in total. The predicted octanol–water partition coefficient (Wildman–Crippen LogP) is 4.86. The zero-order chi connectivity index (χ0) is 22.1. The Balaban J connectivity index is 1.60. The summed E-state index contributed by atoms with van der Waals surface area (Å²) in [4.78, 5) is 17.8. The van der Waals surface area contributed by atoms with Crippen molar-refractivity contribution in [3.05, 3.63) is 88.8 Å². The van der Waals surface area contributed by atoms with Gasteiger partial charge in [-0.2, -0.15) is 4.98 Å². The van der Waals surface area contributed by atoms with Gasteiger partial charge in [-0.05, 0) is 36.8 Å². The summed E-state index contributed by atoms with van der Waals surface area (Å²) in [6, 6.07) is 10.1. The average molecular weight is 447 g/mol. The van der Waals surface area contributed by atoms with Gasteiger partial charge in [-0.15, -0.1) is 11.8 Å². The Bertz CT molecular complexity index is 1300. The molecule has 0 amide bonds. The van der Waals surface area contributed by atoms with Crippen LogP contribution in [0.15, 0.2) is 60.0 Å². The number of halogens is 1. The van der Waals surface area contributed by atoms with E-state index in [4.69, 9.17) is 9.72 Å². The second-order valence-corrected chi connectivity index (χ2v) is 8.37. The molecule has 1 aliphatic heterocycles. The number of aliphatic hydroxyl groups is 1. The van der Waals surface area contributed by atoms with E-state index >= 15 is 0 Å². The Morgan fingerprint density at radius 2 is 1.97 bits per heavy atom. The minimum Gasteiger partial charge on any atom is -0.436 e. The molecule has 0 bridgehead atoms. The number of rotatable bonds is 5. The number of hydrogen-bond donors (Lipinski definition) is 1. The third-order valence-electron chi connectivity index (χ3n) is 5.27. The molecular formula is C24H19FN4O2S. The van der Waals surface area contributed by atoms with Crippen LogP contribution in [0.4, 0.5) is 4.39 Å². The number of aliphatic hydroxyl groups excluding tert-OH is 1. The maximum atomic E-state index is 13.9. The van der Waals surface area contributed by atoms with E-state index in [0.29, 0.717) is 35.2 Å². The highest BCUT2D eigenvalue weighted by Gasteiger charge is 2.27. The molecule has 8 heteroatoms. The van der Waals surface area contributed by atoms with Crippen LogP contribution in [0.5, 0.6) is 11.6 Å². The van der Waals surface area contributed by atoms with Gasteiger partial charge in [0.15, 0.2) is 11.6 Å². The topological polar surface area (TPSA) is 81.0 Å².